The second-order valence-electron chi connectivity index (χ2n) is 6.55. The van der Waals surface area contributed by atoms with Crippen molar-refractivity contribution in [3.05, 3.63) is 83.4 Å². The summed E-state index contributed by atoms with van der Waals surface area (Å²) in [6.07, 6.45) is 3.01. The Bertz CT molecular complexity index is 1270. The van der Waals surface area contributed by atoms with Gasteiger partial charge in [-0.1, -0.05) is 35.9 Å². The van der Waals surface area contributed by atoms with Gasteiger partial charge in [0.05, 0.1) is 5.56 Å². The van der Waals surface area contributed by atoms with Gasteiger partial charge in [0.2, 0.25) is 11.8 Å². The van der Waals surface area contributed by atoms with Gasteiger partial charge in [-0.2, -0.15) is 0 Å². The van der Waals surface area contributed by atoms with Crippen molar-refractivity contribution in [1.29, 1.82) is 0 Å². The number of carbonyl (C=O) groups excluding carboxylic acids is 1. The van der Waals surface area contributed by atoms with Crippen LogP contribution in [0.1, 0.15) is 5.56 Å². The van der Waals surface area contributed by atoms with Gasteiger partial charge in [0.15, 0.2) is 10.7 Å². The highest BCUT2D eigenvalue weighted by Gasteiger charge is 2.13. The number of nitrogens with zero attached hydrogens (tertiary/aromatic N) is 1. The number of para-hydroxylation sites is 2. The lowest BCUT2D eigenvalue weighted by molar-refractivity contribution is -0.115. The predicted octanol–water partition coefficient (Wildman–Crippen LogP) is 5.38. The number of halogens is 1. The number of rotatable bonds is 4. The van der Waals surface area contributed by atoms with Gasteiger partial charge in [-0.15, -0.1) is 0 Å². The molecule has 3 aromatic carbocycles. The summed E-state index contributed by atoms with van der Waals surface area (Å²) >= 11 is 11.0. The minimum absolute atomic E-state index is 0.0340. The Labute approximate surface area is 188 Å². The number of fused-ring (bicyclic) bond motifs is 1. The van der Waals surface area contributed by atoms with Crippen molar-refractivity contribution in [2.24, 2.45) is 0 Å². The number of amides is 1. The molecule has 0 aliphatic heterocycles. The van der Waals surface area contributed by atoms with Crippen LogP contribution in [0.15, 0.2) is 77.2 Å². The van der Waals surface area contributed by atoms with Crippen molar-refractivity contribution in [3.63, 3.8) is 0 Å². The van der Waals surface area contributed by atoms with E-state index in [1.807, 2.05) is 18.2 Å². The second kappa shape index (κ2) is 8.99. The first kappa shape index (κ1) is 20.6. The highest BCUT2D eigenvalue weighted by molar-refractivity contribution is 7.80. The van der Waals surface area contributed by atoms with Crippen LogP contribution in [0.4, 0.5) is 5.69 Å². The molecule has 1 amide bonds. The van der Waals surface area contributed by atoms with Crippen molar-refractivity contribution < 1.29 is 14.3 Å². The molecule has 1 aromatic heterocycles. The first-order chi connectivity index (χ1) is 15.0. The minimum Gasteiger partial charge on any atom is -0.507 e. The molecule has 0 saturated heterocycles. The second-order valence-corrected chi connectivity index (χ2v) is 7.39. The average Bonchev–Trinajstić information content (AvgIpc) is 3.17. The Kier molecular flexibility index (Phi) is 5.97. The zero-order valence-corrected chi connectivity index (χ0v) is 17.6. The molecule has 154 valence electrons. The van der Waals surface area contributed by atoms with Crippen LogP contribution < -0.4 is 10.6 Å². The van der Waals surface area contributed by atoms with Crippen molar-refractivity contribution in [2.45, 2.75) is 0 Å². The molecule has 0 bridgehead atoms. The van der Waals surface area contributed by atoms with E-state index in [9.17, 15) is 9.90 Å². The van der Waals surface area contributed by atoms with E-state index >= 15 is 0 Å². The molecule has 4 aromatic rings. The third-order valence-corrected chi connectivity index (χ3v) is 4.77. The molecule has 31 heavy (non-hydrogen) atoms. The number of anilines is 1. The fourth-order valence-corrected chi connectivity index (χ4v) is 3.18. The normalized spacial score (nSPS) is 11.0. The number of nitrogens with one attached hydrogen (secondary N) is 2. The first-order valence-electron chi connectivity index (χ1n) is 9.22. The van der Waals surface area contributed by atoms with Gasteiger partial charge in [-0.3, -0.25) is 10.1 Å². The van der Waals surface area contributed by atoms with Crippen LogP contribution in [0.3, 0.4) is 0 Å². The zero-order valence-electron chi connectivity index (χ0n) is 16.0. The Morgan fingerprint density at radius 2 is 1.87 bits per heavy atom. The highest BCUT2D eigenvalue weighted by Crippen LogP contribution is 2.33. The Balaban J connectivity index is 1.39. The fraction of sp³-hybridized carbons (Fsp3) is 0. The summed E-state index contributed by atoms with van der Waals surface area (Å²) in [4.78, 5) is 16.4. The SMILES string of the molecule is O=C(/C=C/c1ccc(Cl)cc1)NC(=S)Nc1ccc(-c2nc3ccccc3o2)c(O)c1. The van der Waals surface area contributed by atoms with E-state index < -0.39 is 0 Å². The van der Waals surface area contributed by atoms with Crippen LogP contribution in [-0.4, -0.2) is 21.1 Å². The lowest BCUT2D eigenvalue weighted by atomic mass is 10.2. The fourth-order valence-electron chi connectivity index (χ4n) is 2.84. The van der Waals surface area contributed by atoms with Crippen molar-refractivity contribution in [1.82, 2.24) is 10.3 Å². The number of aromatic hydroxyl groups is 1. The number of benzene rings is 3. The molecule has 1 heterocycles. The maximum atomic E-state index is 12.1. The van der Waals surface area contributed by atoms with Crippen LogP contribution >= 0.6 is 23.8 Å². The van der Waals surface area contributed by atoms with Crippen LogP contribution in [0.2, 0.25) is 5.02 Å². The molecular formula is C23H16ClN3O3S. The largest absolute Gasteiger partial charge is 0.507 e. The van der Waals surface area contributed by atoms with E-state index in [2.05, 4.69) is 15.6 Å². The number of oxazole rings is 1. The first-order valence-corrected chi connectivity index (χ1v) is 10.0. The summed E-state index contributed by atoms with van der Waals surface area (Å²) in [6.45, 7) is 0. The van der Waals surface area contributed by atoms with Gasteiger partial charge in [-0.25, -0.2) is 4.98 Å². The topological polar surface area (TPSA) is 87.4 Å². The van der Waals surface area contributed by atoms with Crippen molar-refractivity contribution in [2.75, 3.05) is 5.32 Å². The molecule has 0 spiro atoms. The number of hydrogen-bond donors (Lipinski definition) is 3. The van der Waals surface area contributed by atoms with Crippen LogP contribution in [0.25, 0.3) is 28.6 Å². The Hall–Kier alpha value is -3.68. The van der Waals surface area contributed by atoms with Crippen molar-refractivity contribution >= 4 is 57.7 Å². The molecule has 6 nitrogen and oxygen atoms in total. The van der Waals surface area contributed by atoms with E-state index in [1.54, 1.807) is 48.5 Å². The van der Waals surface area contributed by atoms with Gasteiger partial charge in [0.25, 0.3) is 0 Å². The van der Waals surface area contributed by atoms with Gasteiger partial charge in [0.1, 0.15) is 11.3 Å². The monoisotopic (exact) mass is 449 g/mol. The third kappa shape index (κ3) is 5.09. The summed E-state index contributed by atoms with van der Waals surface area (Å²) < 4.78 is 5.69. The Morgan fingerprint density at radius 1 is 1.10 bits per heavy atom. The van der Waals surface area contributed by atoms with Gasteiger partial charge in [-0.05, 0) is 60.3 Å². The maximum absolute atomic E-state index is 12.1. The number of carbonyl (C=O) groups is 1. The zero-order chi connectivity index (χ0) is 21.8. The number of thiocarbonyl (C=S) groups is 1. The molecule has 0 atom stereocenters. The predicted molar refractivity (Wildman–Crippen MR) is 126 cm³/mol. The standard InChI is InChI=1S/C23H16ClN3O3S/c24-15-8-5-14(6-9-15)7-12-21(29)27-23(31)25-16-10-11-17(19(28)13-16)22-26-18-3-1-2-4-20(18)30-22/h1-13,28H,(H2,25,27,29,31)/b12-7+. The highest BCUT2D eigenvalue weighted by atomic mass is 35.5. The average molecular weight is 450 g/mol. The molecule has 0 aliphatic rings. The summed E-state index contributed by atoms with van der Waals surface area (Å²) in [5, 5.41) is 16.5. The summed E-state index contributed by atoms with van der Waals surface area (Å²) in [7, 11) is 0. The lowest BCUT2D eigenvalue weighted by Gasteiger charge is -2.09. The maximum Gasteiger partial charge on any atom is 0.250 e. The molecule has 4 rings (SSSR count). The van der Waals surface area contributed by atoms with Crippen LogP contribution in [0.5, 0.6) is 5.75 Å². The summed E-state index contributed by atoms with van der Waals surface area (Å²) in [6, 6.07) is 19.3. The molecule has 0 fully saturated rings. The lowest BCUT2D eigenvalue weighted by Crippen LogP contribution is -2.32. The number of phenols is 1. The number of phenolic OH excluding ortho intramolecular Hbond substituents is 1. The van der Waals surface area contributed by atoms with Crippen LogP contribution in [0, 0.1) is 0 Å². The quantitative estimate of drug-likeness (QED) is 0.286. The van der Waals surface area contributed by atoms with Crippen LogP contribution in [-0.2, 0) is 4.79 Å². The smallest absolute Gasteiger partial charge is 0.250 e. The molecule has 0 saturated carbocycles. The third-order valence-electron chi connectivity index (χ3n) is 4.31. The summed E-state index contributed by atoms with van der Waals surface area (Å²) in [5.74, 6) is -0.110. The summed E-state index contributed by atoms with van der Waals surface area (Å²) in [5.41, 5.74) is 3.12. The van der Waals surface area contributed by atoms with Gasteiger partial charge < -0.3 is 14.8 Å². The van der Waals surface area contributed by atoms with E-state index in [0.717, 1.165) is 5.56 Å². The van der Waals surface area contributed by atoms with Gasteiger partial charge in [0, 0.05) is 22.9 Å². The number of hydrogen-bond acceptors (Lipinski definition) is 5. The van der Waals surface area contributed by atoms with Gasteiger partial charge >= 0.3 is 0 Å². The molecular weight excluding hydrogens is 434 g/mol. The number of aromatic nitrogens is 1. The molecule has 0 radical (unpaired) electrons. The molecule has 0 unspecified atom stereocenters. The van der Waals surface area contributed by atoms with E-state index in [1.165, 1.54) is 12.1 Å². The van der Waals surface area contributed by atoms with E-state index in [4.69, 9.17) is 28.2 Å². The van der Waals surface area contributed by atoms with Crippen molar-refractivity contribution in [3.8, 4) is 17.2 Å². The van der Waals surface area contributed by atoms with E-state index in [-0.39, 0.29) is 16.8 Å². The molecule has 0 aliphatic carbocycles. The minimum atomic E-state index is -0.389. The van der Waals surface area contributed by atoms with E-state index in [0.29, 0.717) is 33.3 Å². The molecule has 8 heteroatoms. The Morgan fingerprint density at radius 3 is 2.61 bits per heavy atom. The molecule has 3 N–H and O–H groups in total.